The van der Waals surface area contributed by atoms with E-state index in [1.807, 2.05) is 6.07 Å². The maximum absolute atomic E-state index is 10.8. The van der Waals surface area contributed by atoms with Gasteiger partial charge in [0.15, 0.2) is 5.76 Å². The molecule has 0 amide bonds. The molecule has 0 aliphatic heterocycles. The van der Waals surface area contributed by atoms with Crippen molar-refractivity contribution >= 4 is 16.8 Å². The summed E-state index contributed by atoms with van der Waals surface area (Å²) in [6.45, 7) is 0. The number of benzene rings is 1. The lowest BCUT2D eigenvalue weighted by atomic mass is 10.1. The van der Waals surface area contributed by atoms with Crippen LogP contribution in [0.15, 0.2) is 40.8 Å². The molecule has 1 heterocycles. The molecule has 4 heteroatoms. The van der Waals surface area contributed by atoms with Crippen molar-refractivity contribution in [1.29, 1.82) is 5.26 Å². The van der Waals surface area contributed by atoms with Gasteiger partial charge in [0.05, 0.1) is 11.6 Å². The highest BCUT2D eigenvalue weighted by Crippen LogP contribution is 2.23. The molecule has 0 aliphatic rings. The number of hydrogen-bond acceptors (Lipinski definition) is 3. The molecule has 2 aromatic rings. The molecular weight excluding hydrogens is 226 g/mol. The van der Waals surface area contributed by atoms with Crippen LogP contribution in [0.25, 0.3) is 11.3 Å². The molecule has 0 bridgehead atoms. The van der Waals surface area contributed by atoms with Gasteiger partial charge in [-0.05, 0) is 48.0 Å². The fourth-order valence-corrected chi connectivity index (χ4v) is 1.41. The van der Waals surface area contributed by atoms with Crippen LogP contribution < -0.4 is 0 Å². The van der Waals surface area contributed by atoms with Gasteiger partial charge in [-0.15, -0.1) is 0 Å². The van der Waals surface area contributed by atoms with E-state index in [2.05, 4.69) is 0 Å². The molecule has 3 nitrogen and oxygen atoms in total. The van der Waals surface area contributed by atoms with Crippen LogP contribution in [0.5, 0.6) is 0 Å². The Balaban J connectivity index is 2.36. The molecule has 0 spiro atoms. The van der Waals surface area contributed by atoms with Crippen LogP contribution >= 0.6 is 11.6 Å². The van der Waals surface area contributed by atoms with E-state index in [4.69, 9.17) is 21.3 Å². The Morgan fingerprint density at radius 1 is 1.19 bits per heavy atom. The molecular formula is C12H6ClNO2. The zero-order valence-electron chi connectivity index (χ0n) is 8.11. The van der Waals surface area contributed by atoms with Crippen molar-refractivity contribution in [1.82, 2.24) is 0 Å². The predicted molar refractivity (Wildman–Crippen MR) is 59.0 cm³/mol. The Labute approximate surface area is 96.9 Å². The minimum absolute atomic E-state index is 0.112. The van der Waals surface area contributed by atoms with Gasteiger partial charge in [0.25, 0.3) is 5.24 Å². The van der Waals surface area contributed by atoms with Gasteiger partial charge in [0, 0.05) is 5.56 Å². The summed E-state index contributed by atoms with van der Waals surface area (Å²) in [6.07, 6.45) is 0. The minimum atomic E-state index is -0.625. The molecule has 0 aliphatic carbocycles. The van der Waals surface area contributed by atoms with E-state index >= 15 is 0 Å². The molecule has 0 saturated carbocycles. The van der Waals surface area contributed by atoms with Gasteiger partial charge in [0.2, 0.25) is 0 Å². The molecule has 0 N–H and O–H groups in total. The summed E-state index contributed by atoms with van der Waals surface area (Å²) in [4.78, 5) is 10.8. The third-order valence-corrected chi connectivity index (χ3v) is 2.28. The van der Waals surface area contributed by atoms with Crippen molar-refractivity contribution in [2.45, 2.75) is 0 Å². The Hall–Kier alpha value is -2.05. The zero-order valence-corrected chi connectivity index (χ0v) is 8.86. The van der Waals surface area contributed by atoms with Crippen LogP contribution in [0.4, 0.5) is 0 Å². The van der Waals surface area contributed by atoms with Gasteiger partial charge in [0.1, 0.15) is 5.76 Å². The second-order valence-corrected chi connectivity index (χ2v) is 3.47. The average molecular weight is 232 g/mol. The van der Waals surface area contributed by atoms with Crippen molar-refractivity contribution in [2.24, 2.45) is 0 Å². The summed E-state index contributed by atoms with van der Waals surface area (Å²) in [7, 11) is 0. The van der Waals surface area contributed by atoms with Crippen LogP contribution in [0, 0.1) is 11.3 Å². The topological polar surface area (TPSA) is 54.0 Å². The zero-order chi connectivity index (χ0) is 11.5. The van der Waals surface area contributed by atoms with Gasteiger partial charge >= 0.3 is 0 Å². The molecule has 78 valence electrons. The third-order valence-electron chi connectivity index (χ3n) is 2.10. The van der Waals surface area contributed by atoms with E-state index in [0.717, 1.165) is 5.56 Å². The van der Waals surface area contributed by atoms with Crippen LogP contribution in [0.1, 0.15) is 16.1 Å². The second-order valence-electron chi connectivity index (χ2n) is 3.13. The Bertz CT molecular complexity index is 563. The average Bonchev–Trinajstić information content (AvgIpc) is 2.78. The number of carbonyl (C=O) groups excluding carboxylic acids is 1. The summed E-state index contributed by atoms with van der Waals surface area (Å²) in [6, 6.07) is 12.1. The lowest BCUT2D eigenvalue weighted by Crippen LogP contribution is -1.82. The maximum atomic E-state index is 10.8. The summed E-state index contributed by atoms with van der Waals surface area (Å²) >= 11 is 5.28. The molecule has 2 rings (SSSR count). The largest absolute Gasteiger partial charge is 0.452 e. The van der Waals surface area contributed by atoms with E-state index in [1.54, 1.807) is 30.3 Å². The smallest absolute Gasteiger partial charge is 0.287 e. The Morgan fingerprint density at radius 2 is 1.88 bits per heavy atom. The van der Waals surface area contributed by atoms with E-state index < -0.39 is 5.24 Å². The van der Waals surface area contributed by atoms with E-state index in [0.29, 0.717) is 11.3 Å². The highest BCUT2D eigenvalue weighted by molar-refractivity contribution is 6.67. The van der Waals surface area contributed by atoms with Crippen molar-refractivity contribution in [3.8, 4) is 17.4 Å². The van der Waals surface area contributed by atoms with E-state index in [9.17, 15) is 4.79 Å². The van der Waals surface area contributed by atoms with Crippen LogP contribution in [0.2, 0.25) is 0 Å². The molecule has 16 heavy (non-hydrogen) atoms. The van der Waals surface area contributed by atoms with Crippen molar-refractivity contribution in [3.63, 3.8) is 0 Å². The summed E-state index contributed by atoms with van der Waals surface area (Å²) in [5.74, 6) is 0.662. The highest BCUT2D eigenvalue weighted by Gasteiger charge is 2.09. The van der Waals surface area contributed by atoms with Crippen LogP contribution in [-0.4, -0.2) is 5.24 Å². The molecule has 0 saturated heterocycles. The third kappa shape index (κ3) is 1.97. The van der Waals surface area contributed by atoms with Gasteiger partial charge in [-0.1, -0.05) is 0 Å². The summed E-state index contributed by atoms with van der Waals surface area (Å²) in [5.41, 5.74) is 1.37. The normalized spacial score (nSPS) is 9.75. The number of halogens is 1. The number of nitriles is 1. The lowest BCUT2D eigenvalue weighted by molar-refractivity contribution is 0.105. The first kappa shape index (κ1) is 10.5. The van der Waals surface area contributed by atoms with Crippen molar-refractivity contribution < 1.29 is 9.21 Å². The Kier molecular flexibility index (Phi) is 2.76. The second kappa shape index (κ2) is 4.21. The minimum Gasteiger partial charge on any atom is -0.452 e. The molecule has 1 aromatic heterocycles. The number of rotatable bonds is 2. The monoisotopic (exact) mass is 231 g/mol. The first-order chi connectivity index (χ1) is 7.70. The highest BCUT2D eigenvalue weighted by atomic mass is 35.5. The van der Waals surface area contributed by atoms with E-state index in [-0.39, 0.29) is 5.76 Å². The number of nitrogens with zero attached hydrogens (tertiary/aromatic N) is 1. The first-order valence-electron chi connectivity index (χ1n) is 4.51. The van der Waals surface area contributed by atoms with Crippen LogP contribution in [0.3, 0.4) is 0 Å². The summed E-state index contributed by atoms with van der Waals surface area (Å²) < 4.78 is 5.24. The van der Waals surface area contributed by atoms with Gasteiger partial charge in [-0.3, -0.25) is 4.79 Å². The fourth-order valence-electron chi connectivity index (χ4n) is 1.31. The number of hydrogen-bond donors (Lipinski definition) is 0. The van der Waals surface area contributed by atoms with E-state index in [1.165, 1.54) is 6.07 Å². The molecule has 0 radical (unpaired) electrons. The maximum Gasteiger partial charge on any atom is 0.287 e. The standard InChI is InChI=1S/C12H6ClNO2/c13-12(15)11-6-5-10(16-11)9-3-1-8(7-14)2-4-9/h1-6H. The quantitative estimate of drug-likeness (QED) is 0.746. The van der Waals surface area contributed by atoms with Gasteiger partial charge in [-0.25, -0.2) is 0 Å². The SMILES string of the molecule is N#Cc1ccc(-c2ccc(C(=O)Cl)o2)cc1. The van der Waals surface area contributed by atoms with Gasteiger partial charge < -0.3 is 4.42 Å². The summed E-state index contributed by atoms with van der Waals surface area (Å²) in [5, 5.41) is 8.02. The fraction of sp³-hybridized carbons (Fsp3) is 0. The van der Waals surface area contributed by atoms with Gasteiger partial charge in [-0.2, -0.15) is 5.26 Å². The lowest BCUT2D eigenvalue weighted by Gasteiger charge is -1.96. The van der Waals surface area contributed by atoms with Crippen LogP contribution in [-0.2, 0) is 0 Å². The Morgan fingerprint density at radius 3 is 2.38 bits per heavy atom. The predicted octanol–water partition coefficient (Wildman–Crippen LogP) is 3.20. The van der Waals surface area contributed by atoms with Crippen molar-refractivity contribution in [2.75, 3.05) is 0 Å². The molecule has 1 aromatic carbocycles. The van der Waals surface area contributed by atoms with Crippen molar-refractivity contribution in [3.05, 3.63) is 47.7 Å². The molecule has 0 fully saturated rings. The number of furan rings is 1. The molecule has 0 unspecified atom stereocenters. The number of carbonyl (C=O) groups is 1. The molecule has 0 atom stereocenters. The first-order valence-corrected chi connectivity index (χ1v) is 4.88.